The molecule has 0 spiro atoms. The van der Waals surface area contributed by atoms with Crippen LogP contribution in [0.1, 0.15) is 76.6 Å². The van der Waals surface area contributed by atoms with Gasteiger partial charge in [0.25, 0.3) is 0 Å². The zero-order valence-electron chi connectivity index (χ0n) is 18.0. The lowest BCUT2D eigenvalue weighted by atomic mass is 9.86. The molecule has 6 nitrogen and oxygen atoms in total. The Bertz CT molecular complexity index is 601. The molecule has 2 heterocycles. The first-order valence-corrected chi connectivity index (χ1v) is 11.7. The number of nitrogens with one attached hydrogen (secondary N) is 5. The van der Waals surface area contributed by atoms with Gasteiger partial charge in [0.05, 0.1) is 6.17 Å². The van der Waals surface area contributed by atoms with Crippen molar-refractivity contribution in [2.75, 3.05) is 0 Å². The standard InChI is InChI=1S/C22H38ClN5O/c1-4-6-8-17(7-5-2)19-13-20(27-22(23)26-19)24-14-16-9-11-18(12-10-16)21-25-15(3)29-28-21/h9-12,15,17,19-22,24-28H,4-8,13-14H2,1-3H3. The lowest BCUT2D eigenvalue weighted by molar-refractivity contribution is 0.0329. The molecule has 2 saturated heterocycles. The van der Waals surface area contributed by atoms with E-state index in [1.165, 1.54) is 43.2 Å². The predicted molar refractivity (Wildman–Crippen MR) is 119 cm³/mol. The maximum atomic E-state index is 6.48. The van der Waals surface area contributed by atoms with Crippen LogP contribution in [0, 0.1) is 5.92 Å². The molecule has 5 N–H and O–H groups in total. The van der Waals surface area contributed by atoms with Crippen molar-refractivity contribution in [1.82, 2.24) is 26.7 Å². The molecule has 1 aromatic carbocycles. The van der Waals surface area contributed by atoms with Crippen molar-refractivity contribution in [3.8, 4) is 0 Å². The van der Waals surface area contributed by atoms with Crippen LogP contribution in [0.4, 0.5) is 0 Å². The van der Waals surface area contributed by atoms with Gasteiger partial charge in [0.15, 0.2) is 0 Å². The summed E-state index contributed by atoms with van der Waals surface area (Å²) in [6, 6.07) is 9.10. The SMILES string of the molecule is CCCCC(CCC)C1CC(NCc2ccc(C3NOC(C)N3)cc2)NC(Cl)N1. The van der Waals surface area contributed by atoms with Crippen molar-refractivity contribution in [3.05, 3.63) is 35.4 Å². The highest BCUT2D eigenvalue weighted by molar-refractivity contribution is 6.20. The second-order valence-electron chi connectivity index (χ2n) is 8.38. The molecule has 0 amide bonds. The summed E-state index contributed by atoms with van der Waals surface area (Å²) in [4.78, 5) is 5.36. The van der Waals surface area contributed by atoms with E-state index in [2.05, 4.69) is 64.9 Å². The molecule has 0 aliphatic carbocycles. The van der Waals surface area contributed by atoms with Crippen LogP contribution >= 0.6 is 11.6 Å². The molecule has 2 fully saturated rings. The molecule has 164 valence electrons. The van der Waals surface area contributed by atoms with E-state index < -0.39 is 0 Å². The van der Waals surface area contributed by atoms with Crippen molar-refractivity contribution in [1.29, 1.82) is 0 Å². The van der Waals surface area contributed by atoms with Crippen molar-refractivity contribution < 1.29 is 4.84 Å². The fourth-order valence-corrected chi connectivity index (χ4v) is 4.68. The second-order valence-corrected chi connectivity index (χ2v) is 8.82. The number of hydrogen-bond acceptors (Lipinski definition) is 6. The van der Waals surface area contributed by atoms with E-state index in [0.717, 1.165) is 13.0 Å². The monoisotopic (exact) mass is 423 g/mol. The summed E-state index contributed by atoms with van der Waals surface area (Å²) in [5.74, 6) is 0.697. The zero-order chi connectivity index (χ0) is 20.6. The van der Waals surface area contributed by atoms with E-state index in [4.69, 9.17) is 16.4 Å². The van der Waals surface area contributed by atoms with Gasteiger partial charge in [-0.25, -0.2) is 0 Å². The lowest BCUT2D eigenvalue weighted by Gasteiger charge is -2.39. The Kier molecular flexibility index (Phi) is 9.18. The number of hydrogen-bond donors (Lipinski definition) is 5. The summed E-state index contributed by atoms with van der Waals surface area (Å²) in [5, 5.41) is 14.0. The average Bonchev–Trinajstić information content (AvgIpc) is 3.16. The fourth-order valence-electron chi connectivity index (χ4n) is 4.36. The highest BCUT2D eigenvalue weighted by Gasteiger charge is 2.30. The lowest BCUT2D eigenvalue weighted by Crippen LogP contribution is -2.61. The predicted octanol–water partition coefficient (Wildman–Crippen LogP) is 3.65. The minimum absolute atomic E-state index is 0.0256. The minimum atomic E-state index is -0.184. The minimum Gasteiger partial charge on any atom is -0.298 e. The van der Waals surface area contributed by atoms with Gasteiger partial charge in [0, 0.05) is 12.6 Å². The summed E-state index contributed by atoms with van der Waals surface area (Å²) >= 11 is 6.48. The summed E-state index contributed by atoms with van der Waals surface area (Å²) in [6.45, 7) is 7.36. The molecule has 2 aliphatic rings. The quantitative estimate of drug-likeness (QED) is 0.292. The third-order valence-corrected chi connectivity index (χ3v) is 6.24. The van der Waals surface area contributed by atoms with Crippen molar-refractivity contribution in [2.45, 2.75) is 96.1 Å². The molecule has 7 heteroatoms. The molecule has 0 aromatic heterocycles. The number of rotatable bonds is 10. The molecule has 1 aromatic rings. The Balaban J connectivity index is 1.51. The van der Waals surface area contributed by atoms with Gasteiger partial charge >= 0.3 is 0 Å². The van der Waals surface area contributed by atoms with Crippen LogP contribution in [0.2, 0.25) is 0 Å². The molecule has 29 heavy (non-hydrogen) atoms. The van der Waals surface area contributed by atoms with Crippen LogP contribution in [0.15, 0.2) is 24.3 Å². The Morgan fingerprint density at radius 2 is 1.90 bits per heavy atom. The number of alkyl halides is 1. The highest BCUT2D eigenvalue weighted by Crippen LogP contribution is 2.25. The summed E-state index contributed by atoms with van der Waals surface area (Å²) in [7, 11) is 0. The Morgan fingerprint density at radius 3 is 2.55 bits per heavy atom. The van der Waals surface area contributed by atoms with Crippen molar-refractivity contribution >= 4 is 11.6 Å². The number of unbranched alkanes of at least 4 members (excludes halogenated alkanes) is 1. The highest BCUT2D eigenvalue weighted by atomic mass is 35.5. The van der Waals surface area contributed by atoms with Crippen molar-refractivity contribution in [2.24, 2.45) is 5.92 Å². The second kappa shape index (κ2) is 11.6. The van der Waals surface area contributed by atoms with E-state index in [1.807, 2.05) is 6.92 Å². The van der Waals surface area contributed by atoms with Crippen molar-refractivity contribution in [3.63, 3.8) is 0 Å². The van der Waals surface area contributed by atoms with E-state index >= 15 is 0 Å². The van der Waals surface area contributed by atoms with Crippen LogP contribution in [0.3, 0.4) is 0 Å². The Morgan fingerprint density at radius 1 is 1.10 bits per heavy atom. The van der Waals surface area contributed by atoms with Gasteiger partial charge in [0.2, 0.25) is 0 Å². The van der Waals surface area contributed by atoms with Gasteiger partial charge in [-0.15, -0.1) is 0 Å². The number of benzene rings is 1. The van der Waals surface area contributed by atoms with Crippen LogP contribution < -0.4 is 26.7 Å². The molecular weight excluding hydrogens is 386 g/mol. The van der Waals surface area contributed by atoms with Gasteiger partial charge in [-0.05, 0) is 43.2 Å². The topological polar surface area (TPSA) is 69.4 Å². The first kappa shape index (κ1) is 22.9. The van der Waals surface area contributed by atoms with Gasteiger partial charge in [-0.3, -0.25) is 26.1 Å². The third-order valence-electron chi connectivity index (χ3n) is 5.98. The molecule has 3 rings (SSSR count). The maximum absolute atomic E-state index is 6.48. The molecule has 6 unspecified atom stereocenters. The summed E-state index contributed by atoms with van der Waals surface area (Å²) < 4.78 is 0. The Labute approximate surface area is 180 Å². The first-order chi connectivity index (χ1) is 14.1. The van der Waals surface area contributed by atoms with Gasteiger partial charge in [-0.1, -0.05) is 69.0 Å². The van der Waals surface area contributed by atoms with Crippen LogP contribution in [0.5, 0.6) is 0 Å². The molecule has 2 aliphatic heterocycles. The largest absolute Gasteiger partial charge is 0.298 e. The first-order valence-electron chi connectivity index (χ1n) is 11.2. The van der Waals surface area contributed by atoms with Gasteiger partial charge in [0.1, 0.15) is 18.0 Å². The van der Waals surface area contributed by atoms with E-state index in [-0.39, 0.29) is 24.2 Å². The molecule has 0 bridgehead atoms. The van der Waals surface area contributed by atoms with Crippen LogP contribution in [-0.2, 0) is 11.4 Å². The average molecular weight is 424 g/mol. The van der Waals surface area contributed by atoms with Crippen LogP contribution in [-0.4, -0.2) is 24.1 Å². The third kappa shape index (κ3) is 6.89. The smallest absolute Gasteiger partial charge is 0.136 e. The molecule has 0 saturated carbocycles. The Hall–Kier alpha value is -0.730. The summed E-state index contributed by atoms with van der Waals surface area (Å²) in [5.41, 5.74) is 5.27. The number of hydroxylamine groups is 1. The fraction of sp³-hybridized carbons (Fsp3) is 0.727. The maximum Gasteiger partial charge on any atom is 0.136 e. The van der Waals surface area contributed by atoms with Gasteiger partial charge in [-0.2, -0.15) is 5.48 Å². The zero-order valence-corrected chi connectivity index (χ0v) is 18.8. The van der Waals surface area contributed by atoms with Crippen LogP contribution in [0.25, 0.3) is 0 Å². The molecular formula is C22H38ClN5O. The molecule has 0 radical (unpaired) electrons. The van der Waals surface area contributed by atoms with E-state index in [0.29, 0.717) is 12.0 Å². The van der Waals surface area contributed by atoms with E-state index in [9.17, 15) is 0 Å². The van der Waals surface area contributed by atoms with E-state index in [1.54, 1.807) is 0 Å². The van der Waals surface area contributed by atoms with Gasteiger partial charge < -0.3 is 0 Å². The summed E-state index contributed by atoms with van der Waals surface area (Å²) in [6.07, 6.45) is 7.68. The number of halogens is 1. The normalized spacial score (nSPS) is 31.1. The molecule has 6 atom stereocenters.